The van der Waals surface area contributed by atoms with Crippen LogP contribution in [-0.4, -0.2) is 0 Å². The van der Waals surface area contributed by atoms with Crippen molar-refractivity contribution in [3.63, 3.8) is 0 Å². The summed E-state index contributed by atoms with van der Waals surface area (Å²) in [5.74, 6) is -0.360. The van der Waals surface area contributed by atoms with Crippen LogP contribution in [0.2, 0.25) is 10.0 Å². The second-order valence-electron chi connectivity index (χ2n) is 4.39. The minimum Gasteiger partial charge on any atom is -0.366 e. The molecule has 0 radical (unpaired) electrons. The molecule has 1 unspecified atom stereocenters. The lowest BCUT2D eigenvalue weighted by atomic mass is 10.1. The van der Waals surface area contributed by atoms with Crippen LogP contribution in [0.3, 0.4) is 0 Å². The van der Waals surface area contributed by atoms with Gasteiger partial charge in [-0.25, -0.2) is 4.39 Å². The Morgan fingerprint density at radius 2 is 1.95 bits per heavy atom. The van der Waals surface area contributed by atoms with Crippen molar-refractivity contribution in [1.29, 1.82) is 5.26 Å². The van der Waals surface area contributed by atoms with Gasteiger partial charge in [0.1, 0.15) is 11.9 Å². The topological polar surface area (TPSA) is 35.8 Å². The van der Waals surface area contributed by atoms with Crippen LogP contribution in [0.1, 0.15) is 17.2 Å². The molecule has 0 aromatic heterocycles. The summed E-state index contributed by atoms with van der Waals surface area (Å²) in [5, 5.41) is 13.2. The summed E-state index contributed by atoms with van der Waals surface area (Å²) in [4.78, 5) is 0. The van der Waals surface area contributed by atoms with E-state index in [9.17, 15) is 9.65 Å². The summed E-state index contributed by atoms with van der Waals surface area (Å²) in [7, 11) is 0. The number of halogens is 3. The van der Waals surface area contributed by atoms with E-state index < -0.39 is 6.04 Å². The Morgan fingerprint density at radius 3 is 2.60 bits per heavy atom. The molecule has 0 aliphatic rings. The molecular weight excluding hydrogens is 298 g/mol. The maximum Gasteiger partial charge on any atom is 0.141 e. The quantitative estimate of drug-likeness (QED) is 0.854. The summed E-state index contributed by atoms with van der Waals surface area (Å²) < 4.78 is 13.4. The molecule has 1 N–H and O–H groups in total. The van der Waals surface area contributed by atoms with Gasteiger partial charge in [0, 0.05) is 21.3 Å². The SMILES string of the molecule is Cc1cc(F)cc(NC(C#N)c2cc(Cl)ccc2Cl)c1. The third kappa shape index (κ3) is 3.41. The van der Waals surface area contributed by atoms with Gasteiger partial charge in [0.2, 0.25) is 0 Å². The first-order valence-corrected chi connectivity index (χ1v) is 6.63. The molecule has 0 heterocycles. The molecule has 0 aliphatic carbocycles. The van der Waals surface area contributed by atoms with Crippen molar-refractivity contribution in [2.45, 2.75) is 13.0 Å². The van der Waals surface area contributed by atoms with Crippen molar-refractivity contribution >= 4 is 28.9 Å². The highest BCUT2D eigenvalue weighted by atomic mass is 35.5. The third-order valence-corrected chi connectivity index (χ3v) is 3.33. The first-order valence-electron chi connectivity index (χ1n) is 5.88. The van der Waals surface area contributed by atoms with Gasteiger partial charge in [0.15, 0.2) is 0 Å². The Labute approximate surface area is 126 Å². The minimum atomic E-state index is -0.706. The molecule has 0 spiro atoms. The smallest absolute Gasteiger partial charge is 0.141 e. The van der Waals surface area contributed by atoms with Crippen molar-refractivity contribution in [3.05, 3.63) is 63.4 Å². The van der Waals surface area contributed by atoms with Gasteiger partial charge in [0.25, 0.3) is 0 Å². The fourth-order valence-corrected chi connectivity index (χ4v) is 2.31. The van der Waals surface area contributed by atoms with Crippen molar-refractivity contribution in [1.82, 2.24) is 0 Å². The maximum atomic E-state index is 13.4. The molecule has 2 aromatic rings. The van der Waals surface area contributed by atoms with Gasteiger partial charge in [-0.3, -0.25) is 0 Å². The first kappa shape index (κ1) is 14.6. The van der Waals surface area contributed by atoms with Crippen LogP contribution < -0.4 is 5.32 Å². The fourth-order valence-electron chi connectivity index (χ4n) is 1.90. The fraction of sp³-hybridized carbons (Fsp3) is 0.133. The number of nitrogens with zero attached hydrogens (tertiary/aromatic N) is 1. The Bertz CT molecular complexity index is 660. The monoisotopic (exact) mass is 308 g/mol. The normalized spacial score (nSPS) is 11.8. The van der Waals surface area contributed by atoms with E-state index in [-0.39, 0.29) is 5.82 Å². The van der Waals surface area contributed by atoms with Crippen molar-refractivity contribution in [3.8, 4) is 6.07 Å². The zero-order valence-electron chi connectivity index (χ0n) is 10.6. The predicted octanol–water partition coefficient (Wildman–Crippen LogP) is 5.12. The molecule has 0 fully saturated rings. The number of hydrogen-bond acceptors (Lipinski definition) is 2. The molecular formula is C15H11Cl2FN2. The Balaban J connectivity index is 2.34. The summed E-state index contributed by atoms with van der Waals surface area (Å²) >= 11 is 12.0. The highest BCUT2D eigenvalue weighted by Gasteiger charge is 2.15. The van der Waals surface area contributed by atoms with Gasteiger partial charge < -0.3 is 5.32 Å². The van der Waals surface area contributed by atoms with E-state index in [1.807, 2.05) is 0 Å². The predicted molar refractivity (Wildman–Crippen MR) is 79.6 cm³/mol. The maximum absolute atomic E-state index is 13.4. The van der Waals surface area contributed by atoms with Gasteiger partial charge in [-0.1, -0.05) is 23.2 Å². The summed E-state index contributed by atoms with van der Waals surface area (Å²) in [5.41, 5.74) is 1.84. The van der Waals surface area contributed by atoms with E-state index >= 15 is 0 Å². The molecule has 5 heteroatoms. The van der Waals surface area contributed by atoms with E-state index in [1.165, 1.54) is 12.1 Å². The van der Waals surface area contributed by atoms with Gasteiger partial charge in [-0.15, -0.1) is 0 Å². The highest BCUT2D eigenvalue weighted by Crippen LogP contribution is 2.29. The molecule has 0 saturated carbocycles. The summed E-state index contributed by atoms with van der Waals surface area (Å²) in [6.07, 6.45) is 0. The second kappa shape index (κ2) is 6.13. The van der Waals surface area contributed by atoms with E-state index in [2.05, 4.69) is 11.4 Å². The van der Waals surface area contributed by atoms with E-state index in [4.69, 9.17) is 23.2 Å². The van der Waals surface area contributed by atoms with Crippen molar-refractivity contribution < 1.29 is 4.39 Å². The van der Waals surface area contributed by atoms with E-state index in [1.54, 1.807) is 31.2 Å². The molecule has 1 atom stereocenters. The number of aryl methyl sites for hydroxylation is 1. The number of rotatable bonds is 3. The summed E-state index contributed by atoms with van der Waals surface area (Å²) in [6.45, 7) is 1.78. The molecule has 0 amide bonds. The van der Waals surface area contributed by atoms with Crippen LogP contribution in [-0.2, 0) is 0 Å². The lowest BCUT2D eigenvalue weighted by Crippen LogP contribution is -2.09. The number of benzene rings is 2. The van der Waals surface area contributed by atoms with Crippen molar-refractivity contribution in [2.24, 2.45) is 0 Å². The van der Waals surface area contributed by atoms with E-state index in [0.717, 1.165) is 5.56 Å². The van der Waals surface area contributed by atoms with Crippen LogP contribution in [0.4, 0.5) is 10.1 Å². The molecule has 20 heavy (non-hydrogen) atoms. The number of nitriles is 1. The lowest BCUT2D eigenvalue weighted by Gasteiger charge is -2.15. The molecule has 0 aliphatic heterocycles. The van der Waals surface area contributed by atoms with Gasteiger partial charge in [-0.2, -0.15) is 5.26 Å². The van der Waals surface area contributed by atoms with Crippen LogP contribution in [0, 0.1) is 24.1 Å². The van der Waals surface area contributed by atoms with Gasteiger partial charge in [-0.05, 0) is 48.9 Å². The minimum absolute atomic E-state index is 0.360. The molecule has 0 saturated heterocycles. The zero-order chi connectivity index (χ0) is 14.7. The number of hydrogen-bond donors (Lipinski definition) is 1. The molecule has 0 bridgehead atoms. The van der Waals surface area contributed by atoms with Crippen molar-refractivity contribution in [2.75, 3.05) is 5.32 Å². The first-order chi connectivity index (χ1) is 9.49. The zero-order valence-corrected chi connectivity index (χ0v) is 12.1. The van der Waals surface area contributed by atoms with E-state index in [0.29, 0.717) is 21.3 Å². The Morgan fingerprint density at radius 1 is 1.20 bits per heavy atom. The molecule has 2 aromatic carbocycles. The number of anilines is 1. The molecule has 102 valence electrons. The highest BCUT2D eigenvalue weighted by molar-refractivity contribution is 6.33. The second-order valence-corrected chi connectivity index (χ2v) is 5.23. The Kier molecular flexibility index (Phi) is 4.49. The molecule has 2 rings (SSSR count). The van der Waals surface area contributed by atoms with Gasteiger partial charge in [0.05, 0.1) is 6.07 Å². The Hall–Kier alpha value is -1.76. The largest absolute Gasteiger partial charge is 0.366 e. The molecule has 2 nitrogen and oxygen atoms in total. The van der Waals surface area contributed by atoms with Gasteiger partial charge >= 0.3 is 0 Å². The summed E-state index contributed by atoms with van der Waals surface area (Å²) in [6, 6.07) is 10.8. The van der Waals surface area contributed by atoms with Crippen LogP contribution in [0.15, 0.2) is 36.4 Å². The standard InChI is InChI=1S/C15H11Cl2FN2/c1-9-4-11(18)7-12(5-9)20-15(8-19)13-6-10(16)2-3-14(13)17/h2-7,15,20H,1H3. The number of nitrogens with one attached hydrogen (secondary N) is 1. The average Bonchev–Trinajstić information content (AvgIpc) is 2.38. The van der Waals surface area contributed by atoms with Crippen LogP contribution in [0.5, 0.6) is 0 Å². The van der Waals surface area contributed by atoms with Crippen LogP contribution in [0.25, 0.3) is 0 Å². The third-order valence-electron chi connectivity index (χ3n) is 2.75. The van der Waals surface area contributed by atoms with Crippen LogP contribution >= 0.6 is 23.2 Å². The lowest BCUT2D eigenvalue weighted by molar-refractivity contribution is 0.627. The average molecular weight is 309 g/mol.